The molecule has 0 aromatic heterocycles. The van der Waals surface area contributed by atoms with E-state index in [9.17, 15) is 0 Å². The lowest BCUT2D eigenvalue weighted by Gasteiger charge is -2.30. The number of thioether (sulfide) groups is 3. The Hall–Kier alpha value is -5.60. The molecule has 1 unspecified atom stereocenters. The number of rotatable bonds is 4. The van der Waals surface area contributed by atoms with Crippen molar-refractivity contribution < 1.29 is 18.5 Å². The first kappa shape index (κ1) is 33.9. The number of fused-ring (bicyclic) bond motifs is 5. The quantitative estimate of drug-likeness (QED) is 0.166. The van der Waals surface area contributed by atoms with Crippen LogP contribution in [0.3, 0.4) is 0 Å². The number of ether oxygens (including phenoxy) is 1. The van der Waals surface area contributed by atoms with Crippen LogP contribution in [0.5, 0.6) is 5.75 Å². The largest absolute Gasteiger partial charge is 0.497 e. The summed E-state index contributed by atoms with van der Waals surface area (Å²) < 4.78 is 12.1. The second-order valence-corrected chi connectivity index (χ2v) is 17.1. The van der Waals surface area contributed by atoms with E-state index in [4.69, 9.17) is 4.74 Å². The van der Waals surface area contributed by atoms with Gasteiger partial charge in [0.05, 0.1) is 29.4 Å². The van der Waals surface area contributed by atoms with Crippen molar-refractivity contribution in [1.29, 1.82) is 0 Å². The minimum atomic E-state index is -0.384. The van der Waals surface area contributed by atoms with Crippen LogP contribution in [0.4, 0.5) is 17.1 Å². The van der Waals surface area contributed by atoms with Crippen molar-refractivity contribution in [3.8, 4) is 28.0 Å². The van der Waals surface area contributed by atoms with Crippen molar-refractivity contribution in [3.63, 3.8) is 0 Å². The van der Waals surface area contributed by atoms with Gasteiger partial charge in [0, 0.05) is 74.1 Å². The molecule has 11 rings (SSSR count). The first-order chi connectivity index (χ1) is 27.2. The third-order valence-corrected chi connectivity index (χ3v) is 14.5. The lowest BCUT2D eigenvalue weighted by Crippen LogP contribution is -2.46. The van der Waals surface area contributed by atoms with E-state index in [1.54, 1.807) is 7.11 Å². The van der Waals surface area contributed by atoms with Gasteiger partial charge in [-0.15, -0.1) is 9.15 Å². The van der Waals surface area contributed by atoms with Crippen molar-refractivity contribution in [1.82, 2.24) is 0 Å². The zero-order valence-electron chi connectivity index (χ0n) is 30.1. The topological polar surface area (TPSA) is 18.3 Å². The molecule has 4 heterocycles. The maximum Gasteiger partial charge on any atom is 0.470 e. The summed E-state index contributed by atoms with van der Waals surface area (Å²) in [7, 11) is 1.69. The summed E-state index contributed by atoms with van der Waals surface area (Å²) in [4.78, 5) is 4.01. The molecular weight excluding hydrogens is 731 g/mol. The SMILES string of the molecule is C1=[N+](c2ccccc2)C23Sc4ccccc4C=[N+]2c2ccccc2-c2cccc1c2S3.COc1ccc([N+]2=Cc3cccc(-c4ccccc4)c3SC2)cc1. The van der Waals surface area contributed by atoms with Gasteiger partial charge in [0.25, 0.3) is 0 Å². The zero-order chi connectivity index (χ0) is 36.8. The third kappa shape index (κ3) is 6.04. The van der Waals surface area contributed by atoms with Crippen molar-refractivity contribution in [2.24, 2.45) is 0 Å². The van der Waals surface area contributed by atoms with Crippen LogP contribution in [0.25, 0.3) is 22.3 Å². The maximum absolute atomic E-state index is 5.24. The molecule has 0 aliphatic carbocycles. The van der Waals surface area contributed by atoms with Crippen LogP contribution in [-0.2, 0) is 0 Å². The molecule has 0 radical (unpaired) electrons. The van der Waals surface area contributed by atoms with Crippen molar-refractivity contribution in [3.05, 3.63) is 187 Å². The lowest BCUT2D eigenvalue weighted by atomic mass is 10.0. The van der Waals surface area contributed by atoms with Crippen LogP contribution in [-0.4, -0.2) is 49.7 Å². The molecule has 0 saturated heterocycles. The average Bonchev–Trinajstić information content (AvgIpc) is 3.37. The number of para-hydroxylation sites is 2. The Morgan fingerprint density at radius 1 is 0.491 bits per heavy atom. The molecule has 264 valence electrons. The van der Waals surface area contributed by atoms with Gasteiger partial charge in [0.2, 0.25) is 17.1 Å². The van der Waals surface area contributed by atoms with Crippen LogP contribution in [0.15, 0.2) is 185 Å². The summed E-state index contributed by atoms with van der Waals surface area (Å²) in [5.74, 6) is 1.79. The smallest absolute Gasteiger partial charge is 0.470 e. The first-order valence-corrected chi connectivity index (χ1v) is 20.9. The minimum absolute atomic E-state index is 0.384. The molecule has 7 heteroatoms. The van der Waals surface area contributed by atoms with E-state index < -0.39 is 0 Å². The second kappa shape index (κ2) is 14.2. The summed E-state index contributed by atoms with van der Waals surface area (Å²) in [5.41, 5.74) is 12.6. The number of methoxy groups -OCH3 is 1. The van der Waals surface area contributed by atoms with E-state index in [1.165, 1.54) is 70.7 Å². The highest BCUT2D eigenvalue weighted by atomic mass is 32.2. The van der Waals surface area contributed by atoms with E-state index in [0.29, 0.717) is 0 Å². The van der Waals surface area contributed by atoms with Crippen molar-refractivity contribution in [2.75, 3.05) is 13.0 Å². The Balaban J connectivity index is 0.000000140. The van der Waals surface area contributed by atoms with Crippen LogP contribution in [0, 0.1) is 0 Å². The van der Waals surface area contributed by atoms with Gasteiger partial charge in [-0.25, -0.2) is 0 Å². The Morgan fingerprint density at radius 3 is 1.93 bits per heavy atom. The van der Waals surface area contributed by atoms with E-state index in [-0.39, 0.29) is 4.33 Å². The Bertz CT molecular complexity index is 2690. The minimum Gasteiger partial charge on any atom is -0.497 e. The Kier molecular flexibility index (Phi) is 8.78. The maximum atomic E-state index is 5.24. The molecule has 1 spiro atoms. The molecule has 2 bridgehead atoms. The molecule has 7 aromatic carbocycles. The monoisotopic (exact) mass is 766 g/mol. The highest BCUT2D eigenvalue weighted by molar-refractivity contribution is 8.17. The van der Waals surface area contributed by atoms with Gasteiger partial charge in [0.1, 0.15) is 5.75 Å². The predicted octanol–water partition coefficient (Wildman–Crippen LogP) is 11.9. The Morgan fingerprint density at radius 2 is 1.13 bits per heavy atom. The fourth-order valence-corrected chi connectivity index (χ4v) is 11.9. The first-order valence-electron chi connectivity index (χ1n) is 18.3. The number of benzene rings is 7. The van der Waals surface area contributed by atoms with Gasteiger partial charge in [-0.3, -0.25) is 0 Å². The number of hydrogen-bond donors (Lipinski definition) is 0. The molecule has 7 aromatic rings. The predicted molar refractivity (Wildman–Crippen MR) is 230 cm³/mol. The summed E-state index contributed by atoms with van der Waals surface area (Å²) in [6.45, 7) is 0. The molecule has 0 saturated carbocycles. The second-order valence-electron chi connectivity index (χ2n) is 13.5. The molecule has 0 fully saturated rings. The fourth-order valence-electron chi connectivity index (χ4n) is 7.60. The van der Waals surface area contributed by atoms with E-state index in [0.717, 1.165) is 11.6 Å². The molecule has 4 aliphatic heterocycles. The van der Waals surface area contributed by atoms with E-state index >= 15 is 0 Å². The molecule has 4 aliphatic rings. The fraction of sp³-hybridized carbons (Fsp3) is 0.0625. The van der Waals surface area contributed by atoms with E-state index in [2.05, 4.69) is 190 Å². The molecule has 0 amide bonds. The summed E-state index contributed by atoms with van der Waals surface area (Å²) >= 11 is 5.77. The molecule has 55 heavy (non-hydrogen) atoms. The van der Waals surface area contributed by atoms with Gasteiger partial charge in [-0.2, -0.15) is 4.58 Å². The molecule has 4 nitrogen and oxygen atoms in total. The standard InChI is InChI=1S/C27H18N2S2.C21H18NOS/c1-2-11-21(12-3-1)28-18-20-10-8-14-23-22-13-5-6-15-24(22)29-17-19-9-4-7-16-25(19)30-27(28,29)31-26(20)23;1-23-19-12-10-18(11-13-19)22-14-17-8-5-9-20(21(17)24-15-22)16-6-3-2-4-7-16/h1-18H;2-14H,15H2,1H3/q+2;+1. The molecular formula is C48H36N3OS3+3. The zero-order valence-corrected chi connectivity index (χ0v) is 32.5. The Labute approximate surface area is 334 Å². The number of nitrogens with zero attached hydrogens (tertiary/aromatic N) is 3. The summed E-state index contributed by atoms with van der Waals surface area (Å²) in [6, 6.07) is 60.3. The normalized spacial score (nSPS) is 16.9. The van der Waals surface area contributed by atoms with Crippen LogP contribution < -0.4 is 4.74 Å². The van der Waals surface area contributed by atoms with Gasteiger partial charge in [-0.1, -0.05) is 109 Å². The lowest BCUT2D eigenvalue weighted by molar-refractivity contribution is -0.689. The molecule has 1 atom stereocenters. The van der Waals surface area contributed by atoms with Crippen LogP contribution in [0.1, 0.15) is 16.7 Å². The third-order valence-electron chi connectivity index (χ3n) is 10.3. The highest BCUT2D eigenvalue weighted by Crippen LogP contribution is 2.60. The molecule has 0 N–H and O–H groups in total. The van der Waals surface area contributed by atoms with Crippen LogP contribution >= 0.6 is 35.3 Å². The van der Waals surface area contributed by atoms with Gasteiger partial charge in [0.15, 0.2) is 24.5 Å². The van der Waals surface area contributed by atoms with Crippen LogP contribution in [0.2, 0.25) is 0 Å². The van der Waals surface area contributed by atoms with Gasteiger partial charge >= 0.3 is 4.33 Å². The number of hydrogen-bond acceptors (Lipinski definition) is 4. The summed E-state index contributed by atoms with van der Waals surface area (Å²) in [6.07, 6.45) is 6.90. The van der Waals surface area contributed by atoms with Crippen molar-refractivity contribution >= 4 is 71.0 Å². The van der Waals surface area contributed by atoms with Crippen molar-refractivity contribution in [2.45, 2.75) is 19.0 Å². The average molecular weight is 767 g/mol. The van der Waals surface area contributed by atoms with Gasteiger partial charge < -0.3 is 4.74 Å². The highest BCUT2D eigenvalue weighted by Gasteiger charge is 2.63. The summed E-state index contributed by atoms with van der Waals surface area (Å²) in [5, 5.41) is 0. The van der Waals surface area contributed by atoms with Gasteiger partial charge in [-0.05, 0) is 53.6 Å². The van der Waals surface area contributed by atoms with E-state index in [1.807, 2.05) is 47.4 Å².